The lowest BCUT2D eigenvalue weighted by atomic mass is 9.69. The van der Waals surface area contributed by atoms with Gasteiger partial charge in [-0.3, -0.25) is 0 Å². The summed E-state index contributed by atoms with van der Waals surface area (Å²) in [7, 11) is 13.0. The molecule has 22 heavy (non-hydrogen) atoms. The first-order valence-electron chi connectivity index (χ1n) is 7.83. The first-order chi connectivity index (χ1) is 10.1. The Hall–Kier alpha value is -1.43. The molecule has 2 heteroatoms. The van der Waals surface area contributed by atoms with Crippen molar-refractivity contribution < 1.29 is 0 Å². The third-order valence-electron chi connectivity index (χ3n) is 5.72. The summed E-state index contributed by atoms with van der Waals surface area (Å²) in [6.45, 7) is 17.2. The molecule has 0 saturated heterocycles. The van der Waals surface area contributed by atoms with E-state index in [-0.39, 0.29) is 0 Å². The molecular formula is C20H24B2. The van der Waals surface area contributed by atoms with Crippen molar-refractivity contribution in [1.29, 1.82) is 0 Å². The topological polar surface area (TPSA) is 0 Å². The summed E-state index contributed by atoms with van der Waals surface area (Å²) in [5.74, 6) is 0. The molecule has 2 aromatic rings. The zero-order valence-corrected chi connectivity index (χ0v) is 15.2. The van der Waals surface area contributed by atoms with E-state index in [1.165, 1.54) is 38.9 Å². The molecule has 2 rings (SSSR count). The van der Waals surface area contributed by atoms with E-state index in [4.69, 9.17) is 15.7 Å². The van der Waals surface area contributed by atoms with Crippen LogP contribution in [0, 0.1) is 55.4 Å². The molecule has 0 unspecified atom stereocenters. The predicted octanol–water partition coefficient (Wildman–Crippen LogP) is 3.41. The van der Waals surface area contributed by atoms with Gasteiger partial charge in [0.05, 0.1) is 0 Å². The number of benzene rings is 2. The van der Waals surface area contributed by atoms with Crippen molar-refractivity contribution >= 4 is 26.6 Å². The second kappa shape index (κ2) is 5.65. The Balaban J connectivity index is 3.03. The highest BCUT2D eigenvalue weighted by molar-refractivity contribution is 6.45. The van der Waals surface area contributed by atoms with Gasteiger partial charge >= 0.3 is 0 Å². The summed E-state index contributed by atoms with van der Waals surface area (Å²) in [6, 6.07) is 0. The molecule has 0 saturated carbocycles. The summed E-state index contributed by atoms with van der Waals surface area (Å²) >= 11 is 0. The van der Waals surface area contributed by atoms with Gasteiger partial charge in [-0.05, 0) is 99.9 Å². The molecule has 0 amide bonds. The van der Waals surface area contributed by atoms with Gasteiger partial charge in [0.25, 0.3) is 0 Å². The van der Waals surface area contributed by atoms with Crippen molar-refractivity contribution in [3.05, 3.63) is 44.5 Å². The van der Waals surface area contributed by atoms with Gasteiger partial charge in [0.2, 0.25) is 0 Å². The maximum absolute atomic E-state index is 6.48. The van der Waals surface area contributed by atoms with Gasteiger partial charge in [-0.1, -0.05) is 22.1 Å². The Kier molecular flexibility index (Phi) is 4.35. The van der Waals surface area contributed by atoms with Crippen molar-refractivity contribution in [2.45, 2.75) is 55.4 Å². The maximum Gasteiger partial charge on any atom is 0.115 e. The Morgan fingerprint density at radius 3 is 1.00 bits per heavy atom. The van der Waals surface area contributed by atoms with Gasteiger partial charge in [-0.15, -0.1) is 0 Å². The lowest BCUT2D eigenvalue weighted by molar-refractivity contribution is 1.18. The van der Waals surface area contributed by atoms with Gasteiger partial charge in [0, 0.05) is 0 Å². The molecule has 0 aliphatic heterocycles. The van der Waals surface area contributed by atoms with Crippen molar-refractivity contribution in [3.8, 4) is 11.1 Å². The minimum atomic E-state index is 0.814. The zero-order chi connectivity index (χ0) is 16.9. The summed E-state index contributed by atoms with van der Waals surface area (Å²) in [4.78, 5) is 0. The SMILES string of the molecule is [B]c1c(C)c(C)c(C)c([B])c1-c1c(C)c(C)c(C)c(C)c1C. The molecule has 0 spiro atoms. The Morgan fingerprint density at radius 1 is 0.364 bits per heavy atom. The smallest absolute Gasteiger partial charge is 0.0864 e. The fourth-order valence-electron chi connectivity index (χ4n) is 3.35. The average Bonchev–Trinajstić information content (AvgIpc) is 2.50. The fourth-order valence-corrected chi connectivity index (χ4v) is 3.35. The van der Waals surface area contributed by atoms with Crippen LogP contribution in [-0.4, -0.2) is 15.7 Å². The van der Waals surface area contributed by atoms with E-state index < -0.39 is 0 Å². The van der Waals surface area contributed by atoms with Gasteiger partial charge < -0.3 is 0 Å². The molecule has 0 atom stereocenters. The Morgan fingerprint density at radius 2 is 0.636 bits per heavy atom. The number of hydrogen-bond donors (Lipinski definition) is 0. The summed E-state index contributed by atoms with van der Waals surface area (Å²) in [5, 5.41) is 0. The van der Waals surface area contributed by atoms with E-state index in [1.807, 2.05) is 0 Å². The van der Waals surface area contributed by atoms with Crippen LogP contribution in [0.4, 0.5) is 0 Å². The van der Waals surface area contributed by atoms with Crippen molar-refractivity contribution in [3.63, 3.8) is 0 Å². The molecule has 2 aromatic carbocycles. The van der Waals surface area contributed by atoms with E-state index in [0.29, 0.717) is 0 Å². The normalized spacial score (nSPS) is 11.1. The third kappa shape index (κ3) is 2.24. The molecule has 0 aliphatic carbocycles. The Bertz CT molecular complexity index is 658. The fraction of sp³-hybridized carbons (Fsp3) is 0.400. The van der Waals surface area contributed by atoms with E-state index in [9.17, 15) is 0 Å². The minimum Gasteiger partial charge on any atom is -0.0864 e. The summed E-state index contributed by atoms with van der Waals surface area (Å²) in [5.41, 5.74) is 13.9. The maximum atomic E-state index is 6.48. The van der Waals surface area contributed by atoms with Crippen molar-refractivity contribution in [2.75, 3.05) is 0 Å². The quantitative estimate of drug-likeness (QED) is 0.705. The minimum absolute atomic E-state index is 0.814. The highest BCUT2D eigenvalue weighted by atomic mass is 14.2. The molecule has 110 valence electrons. The average molecular weight is 286 g/mol. The largest absolute Gasteiger partial charge is 0.115 e. The van der Waals surface area contributed by atoms with Crippen LogP contribution < -0.4 is 10.9 Å². The van der Waals surface area contributed by atoms with Crippen LogP contribution in [0.15, 0.2) is 0 Å². The lowest BCUT2D eigenvalue weighted by Gasteiger charge is -2.25. The molecule has 0 bridgehead atoms. The second-order valence-corrected chi connectivity index (χ2v) is 6.58. The summed E-state index contributed by atoms with van der Waals surface area (Å²) < 4.78 is 0. The highest BCUT2D eigenvalue weighted by Crippen LogP contribution is 2.33. The van der Waals surface area contributed by atoms with Crippen LogP contribution in [-0.2, 0) is 0 Å². The molecule has 0 N–H and O–H groups in total. The van der Waals surface area contributed by atoms with Gasteiger partial charge in [0.1, 0.15) is 15.7 Å². The van der Waals surface area contributed by atoms with Gasteiger partial charge in [0.15, 0.2) is 0 Å². The van der Waals surface area contributed by atoms with Crippen molar-refractivity contribution in [2.24, 2.45) is 0 Å². The van der Waals surface area contributed by atoms with E-state index in [2.05, 4.69) is 55.4 Å². The predicted molar refractivity (Wildman–Crippen MR) is 101 cm³/mol. The number of hydrogen-bond acceptors (Lipinski definition) is 0. The van der Waals surface area contributed by atoms with Gasteiger partial charge in [-0.2, -0.15) is 0 Å². The molecule has 0 heterocycles. The van der Waals surface area contributed by atoms with Crippen LogP contribution in [0.1, 0.15) is 44.5 Å². The standard InChI is InChI=1S/C20H24B2/c1-9-10(2)13(5)17(14(6)11(9)3)18-19(21)15(7)12(4)16(8)20(18)22/h1-8H3. The van der Waals surface area contributed by atoms with Crippen LogP contribution in [0.3, 0.4) is 0 Å². The summed E-state index contributed by atoms with van der Waals surface area (Å²) in [6.07, 6.45) is 0. The number of rotatable bonds is 1. The zero-order valence-electron chi connectivity index (χ0n) is 15.2. The molecule has 0 aliphatic rings. The first kappa shape index (κ1) is 16.9. The van der Waals surface area contributed by atoms with Gasteiger partial charge in [-0.25, -0.2) is 0 Å². The molecule has 0 nitrogen and oxygen atoms in total. The van der Waals surface area contributed by atoms with Crippen LogP contribution in [0.25, 0.3) is 11.1 Å². The van der Waals surface area contributed by atoms with Crippen LogP contribution >= 0.6 is 0 Å². The van der Waals surface area contributed by atoms with Crippen LogP contribution in [0.5, 0.6) is 0 Å². The van der Waals surface area contributed by atoms with Crippen molar-refractivity contribution in [1.82, 2.24) is 0 Å². The van der Waals surface area contributed by atoms with E-state index in [1.54, 1.807) is 0 Å². The molecule has 4 radical (unpaired) electrons. The lowest BCUT2D eigenvalue weighted by Crippen LogP contribution is -2.27. The molecule has 0 fully saturated rings. The van der Waals surface area contributed by atoms with E-state index in [0.717, 1.165) is 27.6 Å². The van der Waals surface area contributed by atoms with Crippen LogP contribution in [0.2, 0.25) is 0 Å². The first-order valence-corrected chi connectivity index (χ1v) is 7.83. The third-order valence-corrected chi connectivity index (χ3v) is 5.72. The monoisotopic (exact) mass is 286 g/mol. The van der Waals surface area contributed by atoms with E-state index >= 15 is 0 Å². The molecule has 0 aromatic heterocycles. The Labute approximate surface area is 138 Å². The highest BCUT2D eigenvalue weighted by Gasteiger charge is 2.19. The molecular weight excluding hydrogens is 262 g/mol. The second-order valence-electron chi connectivity index (χ2n) is 6.58.